The van der Waals surface area contributed by atoms with Crippen molar-refractivity contribution in [1.29, 1.82) is 0 Å². The normalized spacial score (nSPS) is 15.0. The number of rotatable bonds is 5. The minimum absolute atomic E-state index is 0.423. The number of methoxy groups -OCH3 is 1. The van der Waals surface area contributed by atoms with E-state index in [9.17, 15) is 5.11 Å². The quantitative estimate of drug-likeness (QED) is 0.871. The SMILES string of the molecule is COc1cc(CNC(C)(C)C(C)(C)O)cc2c1OCCO2. The summed E-state index contributed by atoms with van der Waals surface area (Å²) in [4.78, 5) is 0. The summed E-state index contributed by atoms with van der Waals surface area (Å²) in [5.41, 5.74) is -0.230. The van der Waals surface area contributed by atoms with Gasteiger partial charge in [0.25, 0.3) is 0 Å². The minimum atomic E-state index is -0.828. The highest BCUT2D eigenvalue weighted by atomic mass is 16.6. The van der Waals surface area contributed by atoms with Crippen molar-refractivity contribution < 1.29 is 19.3 Å². The van der Waals surface area contributed by atoms with Crippen molar-refractivity contribution >= 4 is 0 Å². The molecule has 0 saturated carbocycles. The van der Waals surface area contributed by atoms with E-state index in [4.69, 9.17) is 14.2 Å². The van der Waals surface area contributed by atoms with E-state index in [1.807, 2.05) is 26.0 Å². The Morgan fingerprint density at radius 2 is 1.86 bits per heavy atom. The maximum absolute atomic E-state index is 10.2. The Bertz CT molecular complexity index is 488. The van der Waals surface area contributed by atoms with Gasteiger partial charge in [-0.1, -0.05) is 0 Å². The van der Waals surface area contributed by atoms with Crippen molar-refractivity contribution in [2.75, 3.05) is 20.3 Å². The number of benzene rings is 1. The molecule has 1 heterocycles. The van der Waals surface area contributed by atoms with Crippen molar-refractivity contribution in [2.45, 2.75) is 45.4 Å². The highest BCUT2D eigenvalue weighted by molar-refractivity contribution is 5.54. The van der Waals surface area contributed by atoms with Crippen LogP contribution in [0.5, 0.6) is 17.2 Å². The monoisotopic (exact) mass is 295 g/mol. The molecule has 0 amide bonds. The lowest BCUT2D eigenvalue weighted by molar-refractivity contribution is -0.00533. The fourth-order valence-corrected chi connectivity index (χ4v) is 1.97. The van der Waals surface area contributed by atoms with Crippen LogP contribution in [0.1, 0.15) is 33.3 Å². The lowest BCUT2D eigenvalue weighted by Gasteiger charge is -2.38. The number of nitrogens with one attached hydrogen (secondary N) is 1. The minimum Gasteiger partial charge on any atom is -0.493 e. The van der Waals surface area contributed by atoms with Gasteiger partial charge >= 0.3 is 0 Å². The molecule has 0 aliphatic carbocycles. The van der Waals surface area contributed by atoms with Crippen LogP contribution in [0.3, 0.4) is 0 Å². The van der Waals surface area contributed by atoms with E-state index < -0.39 is 11.1 Å². The lowest BCUT2D eigenvalue weighted by atomic mass is 9.86. The largest absolute Gasteiger partial charge is 0.493 e. The highest BCUT2D eigenvalue weighted by Gasteiger charge is 2.34. The van der Waals surface area contributed by atoms with Crippen LogP contribution in [0.2, 0.25) is 0 Å². The van der Waals surface area contributed by atoms with Gasteiger partial charge in [0.2, 0.25) is 5.75 Å². The second-order valence-electron chi connectivity index (χ2n) is 6.36. The first kappa shape index (κ1) is 15.9. The van der Waals surface area contributed by atoms with Crippen LogP contribution in [0.25, 0.3) is 0 Å². The third-order valence-corrected chi connectivity index (χ3v) is 4.15. The summed E-state index contributed by atoms with van der Waals surface area (Å²) in [6.07, 6.45) is 0. The molecule has 21 heavy (non-hydrogen) atoms. The fourth-order valence-electron chi connectivity index (χ4n) is 1.97. The number of fused-ring (bicyclic) bond motifs is 1. The van der Waals surface area contributed by atoms with Crippen molar-refractivity contribution in [1.82, 2.24) is 5.32 Å². The Labute approximate surface area is 126 Å². The molecule has 1 aliphatic rings. The second-order valence-corrected chi connectivity index (χ2v) is 6.36. The van der Waals surface area contributed by atoms with Gasteiger partial charge in [0.15, 0.2) is 11.5 Å². The summed E-state index contributed by atoms with van der Waals surface area (Å²) in [6, 6.07) is 3.88. The molecule has 0 fully saturated rings. The number of hydrogen-bond acceptors (Lipinski definition) is 5. The molecule has 5 heteroatoms. The Hall–Kier alpha value is -1.46. The lowest BCUT2D eigenvalue weighted by Crippen LogP contribution is -2.55. The summed E-state index contributed by atoms with van der Waals surface area (Å²) in [6.45, 7) is 9.22. The van der Waals surface area contributed by atoms with Gasteiger partial charge in [0.05, 0.1) is 12.7 Å². The van der Waals surface area contributed by atoms with Crippen molar-refractivity contribution in [3.8, 4) is 17.2 Å². The topological polar surface area (TPSA) is 60.0 Å². The van der Waals surface area contributed by atoms with Gasteiger partial charge in [0, 0.05) is 12.1 Å². The first-order chi connectivity index (χ1) is 9.74. The Kier molecular flexibility index (Phi) is 4.35. The van der Waals surface area contributed by atoms with E-state index in [-0.39, 0.29) is 0 Å². The fraction of sp³-hybridized carbons (Fsp3) is 0.625. The van der Waals surface area contributed by atoms with Crippen LogP contribution in [-0.2, 0) is 6.54 Å². The standard InChI is InChI=1S/C16H25NO4/c1-15(2,16(3,4)18)17-10-11-8-12(19-5)14-13(9-11)20-6-7-21-14/h8-9,17-18H,6-7,10H2,1-5H3. The first-order valence-corrected chi connectivity index (χ1v) is 7.18. The van der Waals surface area contributed by atoms with E-state index in [2.05, 4.69) is 5.32 Å². The van der Waals surface area contributed by atoms with E-state index in [1.165, 1.54) is 0 Å². The predicted molar refractivity (Wildman–Crippen MR) is 81.2 cm³/mol. The summed E-state index contributed by atoms with van der Waals surface area (Å²) in [7, 11) is 1.62. The molecule has 0 bridgehead atoms. The van der Waals surface area contributed by atoms with Gasteiger partial charge in [0.1, 0.15) is 13.2 Å². The molecule has 118 valence electrons. The van der Waals surface area contributed by atoms with Crippen LogP contribution < -0.4 is 19.5 Å². The summed E-state index contributed by atoms with van der Waals surface area (Å²) >= 11 is 0. The van der Waals surface area contributed by atoms with E-state index in [1.54, 1.807) is 21.0 Å². The van der Waals surface area contributed by atoms with Crippen LogP contribution in [0, 0.1) is 0 Å². The average Bonchev–Trinajstić information content (AvgIpc) is 2.43. The molecular formula is C16H25NO4. The molecule has 0 atom stereocenters. The van der Waals surface area contributed by atoms with Gasteiger partial charge in [-0.25, -0.2) is 0 Å². The number of hydrogen-bond donors (Lipinski definition) is 2. The smallest absolute Gasteiger partial charge is 0.203 e. The molecule has 1 aromatic carbocycles. The average molecular weight is 295 g/mol. The van der Waals surface area contributed by atoms with Gasteiger partial charge in [-0.2, -0.15) is 0 Å². The molecule has 1 aliphatic heterocycles. The maximum atomic E-state index is 10.2. The van der Waals surface area contributed by atoms with E-state index in [0.717, 1.165) is 5.56 Å². The van der Waals surface area contributed by atoms with Gasteiger partial charge in [-0.05, 0) is 45.4 Å². The maximum Gasteiger partial charge on any atom is 0.203 e. The zero-order chi connectivity index (χ0) is 15.7. The predicted octanol–water partition coefficient (Wildman–Crippen LogP) is 2.11. The third kappa shape index (κ3) is 3.41. The zero-order valence-corrected chi connectivity index (χ0v) is 13.4. The Balaban J connectivity index is 2.18. The summed E-state index contributed by atoms with van der Waals surface area (Å²) in [5.74, 6) is 2.04. The molecule has 0 unspecified atom stereocenters. The van der Waals surface area contributed by atoms with Crippen LogP contribution in [-0.4, -0.2) is 36.6 Å². The third-order valence-electron chi connectivity index (χ3n) is 4.15. The molecule has 2 N–H and O–H groups in total. The molecule has 0 saturated heterocycles. The molecule has 1 aromatic rings. The number of aliphatic hydroxyl groups is 1. The Morgan fingerprint density at radius 1 is 1.19 bits per heavy atom. The molecule has 2 rings (SSSR count). The zero-order valence-electron chi connectivity index (χ0n) is 13.4. The molecule has 0 spiro atoms. The van der Waals surface area contributed by atoms with Crippen molar-refractivity contribution in [3.05, 3.63) is 17.7 Å². The van der Waals surface area contributed by atoms with E-state index >= 15 is 0 Å². The van der Waals surface area contributed by atoms with Crippen LogP contribution in [0.4, 0.5) is 0 Å². The van der Waals surface area contributed by atoms with Gasteiger partial charge in [-0.15, -0.1) is 0 Å². The molecular weight excluding hydrogens is 270 g/mol. The molecule has 5 nitrogen and oxygen atoms in total. The van der Waals surface area contributed by atoms with Gasteiger partial charge in [-0.3, -0.25) is 0 Å². The summed E-state index contributed by atoms with van der Waals surface area (Å²) < 4.78 is 16.6. The van der Waals surface area contributed by atoms with Crippen molar-refractivity contribution in [3.63, 3.8) is 0 Å². The van der Waals surface area contributed by atoms with E-state index in [0.29, 0.717) is 37.0 Å². The summed E-state index contributed by atoms with van der Waals surface area (Å²) in [5, 5.41) is 13.6. The van der Waals surface area contributed by atoms with Crippen LogP contribution in [0.15, 0.2) is 12.1 Å². The Morgan fingerprint density at radius 3 is 2.48 bits per heavy atom. The van der Waals surface area contributed by atoms with Gasteiger partial charge < -0.3 is 24.6 Å². The highest BCUT2D eigenvalue weighted by Crippen LogP contribution is 2.40. The van der Waals surface area contributed by atoms with Crippen LogP contribution >= 0.6 is 0 Å². The second kappa shape index (κ2) is 5.73. The molecule has 0 aromatic heterocycles. The number of ether oxygens (including phenoxy) is 3. The van der Waals surface area contributed by atoms with Crippen molar-refractivity contribution in [2.24, 2.45) is 0 Å². The first-order valence-electron chi connectivity index (χ1n) is 7.18. The molecule has 0 radical (unpaired) electrons.